The first-order valence-electron chi connectivity index (χ1n) is 8.94. The summed E-state index contributed by atoms with van der Waals surface area (Å²) in [6.45, 7) is 1.55. The minimum atomic E-state index is -0.134. The molecule has 0 saturated heterocycles. The van der Waals surface area contributed by atoms with Gasteiger partial charge in [0.2, 0.25) is 5.75 Å². The summed E-state index contributed by atoms with van der Waals surface area (Å²) >= 11 is 0. The molecule has 0 fully saturated rings. The van der Waals surface area contributed by atoms with E-state index >= 15 is 0 Å². The van der Waals surface area contributed by atoms with Crippen molar-refractivity contribution < 1.29 is 19.0 Å². The van der Waals surface area contributed by atoms with Crippen LogP contribution in [0.15, 0.2) is 30.5 Å². The number of rotatable bonds is 10. The first-order chi connectivity index (χ1) is 13.5. The Bertz CT molecular complexity index is 753. The second kappa shape index (κ2) is 10.4. The van der Waals surface area contributed by atoms with Gasteiger partial charge in [0.1, 0.15) is 5.82 Å². The summed E-state index contributed by atoms with van der Waals surface area (Å²) in [6.07, 6.45) is 2.44. The molecule has 0 saturated carbocycles. The molecule has 8 nitrogen and oxygen atoms in total. The highest BCUT2D eigenvalue weighted by Crippen LogP contribution is 2.40. The van der Waals surface area contributed by atoms with Gasteiger partial charge in [0.15, 0.2) is 11.5 Å². The maximum atomic E-state index is 12.2. The highest BCUT2D eigenvalue weighted by atomic mass is 16.5. The molecule has 1 aromatic carbocycles. The zero-order chi connectivity index (χ0) is 20.5. The van der Waals surface area contributed by atoms with E-state index in [0.717, 1.165) is 18.7 Å². The van der Waals surface area contributed by atoms with Gasteiger partial charge in [-0.25, -0.2) is 4.98 Å². The van der Waals surface area contributed by atoms with Crippen LogP contribution < -0.4 is 24.8 Å². The molecule has 0 bridgehead atoms. The normalized spacial score (nSPS) is 10.5. The summed E-state index contributed by atoms with van der Waals surface area (Å²) in [5.41, 5.74) is 1.24. The number of methoxy groups -OCH3 is 3. The lowest BCUT2D eigenvalue weighted by atomic mass is 10.2. The van der Waals surface area contributed by atoms with E-state index in [1.807, 2.05) is 14.1 Å². The fraction of sp³-hybridized carbons (Fsp3) is 0.400. The SMILES string of the molecule is COc1cc(Nc2ccc(C(=O)NCCCN(C)C)cn2)cc(OC)c1OC. The Morgan fingerprint density at radius 2 is 1.75 bits per heavy atom. The van der Waals surface area contributed by atoms with Gasteiger partial charge in [-0.3, -0.25) is 4.79 Å². The van der Waals surface area contributed by atoms with E-state index in [0.29, 0.717) is 35.2 Å². The highest BCUT2D eigenvalue weighted by molar-refractivity contribution is 5.94. The van der Waals surface area contributed by atoms with Crippen LogP contribution in [0.1, 0.15) is 16.8 Å². The monoisotopic (exact) mass is 388 g/mol. The maximum Gasteiger partial charge on any atom is 0.252 e. The van der Waals surface area contributed by atoms with E-state index in [9.17, 15) is 4.79 Å². The molecular formula is C20H28N4O4. The molecule has 0 unspecified atom stereocenters. The van der Waals surface area contributed by atoms with Gasteiger partial charge in [0.25, 0.3) is 5.91 Å². The third kappa shape index (κ3) is 5.75. The number of hydrogen-bond donors (Lipinski definition) is 2. The van der Waals surface area contributed by atoms with Gasteiger partial charge in [0.05, 0.1) is 26.9 Å². The second-order valence-electron chi connectivity index (χ2n) is 6.38. The van der Waals surface area contributed by atoms with Gasteiger partial charge in [-0.2, -0.15) is 0 Å². The summed E-state index contributed by atoms with van der Waals surface area (Å²) in [5, 5.41) is 6.06. The third-order valence-corrected chi connectivity index (χ3v) is 4.03. The third-order valence-electron chi connectivity index (χ3n) is 4.03. The van der Waals surface area contributed by atoms with Crippen molar-refractivity contribution in [2.45, 2.75) is 6.42 Å². The van der Waals surface area contributed by atoms with E-state index in [4.69, 9.17) is 14.2 Å². The average molecular weight is 388 g/mol. The summed E-state index contributed by atoms with van der Waals surface area (Å²) in [4.78, 5) is 18.6. The van der Waals surface area contributed by atoms with Crippen LogP contribution in [0.5, 0.6) is 17.2 Å². The van der Waals surface area contributed by atoms with Crippen molar-refractivity contribution >= 4 is 17.4 Å². The Morgan fingerprint density at radius 3 is 2.25 bits per heavy atom. The molecule has 0 atom stereocenters. The zero-order valence-corrected chi connectivity index (χ0v) is 17.0. The summed E-state index contributed by atoms with van der Waals surface area (Å²) in [7, 11) is 8.69. The lowest BCUT2D eigenvalue weighted by Gasteiger charge is -2.15. The number of pyridine rings is 1. The number of carbonyl (C=O) groups is 1. The van der Waals surface area contributed by atoms with E-state index in [2.05, 4.69) is 20.5 Å². The van der Waals surface area contributed by atoms with Crippen LogP contribution >= 0.6 is 0 Å². The standard InChI is InChI=1S/C20H28N4O4/c1-24(2)10-6-9-21-20(25)14-7-8-18(22-13-14)23-15-11-16(26-3)19(28-5)17(12-15)27-4/h7-8,11-13H,6,9-10H2,1-5H3,(H,21,25)(H,22,23). The number of benzene rings is 1. The lowest BCUT2D eigenvalue weighted by molar-refractivity contribution is 0.0952. The molecule has 0 aliphatic carbocycles. The number of anilines is 2. The van der Waals surface area contributed by atoms with Gasteiger partial charge >= 0.3 is 0 Å². The van der Waals surface area contributed by atoms with Gasteiger partial charge in [0, 0.05) is 30.6 Å². The van der Waals surface area contributed by atoms with Crippen molar-refractivity contribution in [2.24, 2.45) is 0 Å². The number of ether oxygens (including phenoxy) is 3. The minimum Gasteiger partial charge on any atom is -0.493 e. The number of aromatic nitrogens is 1. The van der Waals surface area contributed by atoms with Crippen LogP contribution in [-0.4, -0.2) is 64.3 Å². The van der Waals surface area contributed by atoms with Crippen molar-refractivity contribution in [3.05, 3.63) is 36.0 Å². The molecule has 152 valence electrons. The van der Waals surface area contributed by atoms with Gasteiger partial charge in [-0.1, -0.05) is 0 Å². The number of nitrogens with zero attached hydrogens (tertiary/aromatic N) is 2. The van der Waals surface area contributed by atoms with Gasteiger partial charge in [-0.05, 0) is 39.2 Å². The zero-order valence-electron chi connectivity index (χ0n) is 17.0. The summed E-state index contributed by atoms with van der Waals surface area (Å²) in [6, 6.07) is 7.05. The number of nitrogens with one attached hydrogen (secondary N) is 2. The van der Waals surface area contributed by atoms with Crippen LogP contribution in [0.3, 0.4) is 0 Å². The highest BCUT2D eigenvalue weighted by Gasteiger charge is 2.13. The molecule has 2 rings (SSSR count). The quantitative estimate of drug-likeness (QED) is 0.605. The molecule has 1 aromatic heterocycles. The molecule has 1 heterocycles. The van der Waals surface area contributed by atoms with Crippen molar-refractivity contribution in [3.8, 4) is 17.2 Å². The van der Waals surface area contributed by atoms with Crippen molar-refractivity contribution in [1.29, 1.82) is 0 Å². The van der Waals surface area contributed by atoms with Crippen LogP contribution in [0.25, 0.3) is 0 Å². The largest absolute Gasteiger partial charge is 0.493 e. The predicted molar refractivity (Wildman–Crippen MR) is 109 cm³/mol. The Morgan fingerprint density at radius 1 is 1.07 bits per heavy atom. The van der Waals surface area contributed by atoms with Crippen molar-refractivity contribution in [1.82, 2.24) is 15.2 Å². The van der Waals surface area contributed by atoms with E-state index in [-0.39, 0.29) is 5.91 Å². The first kappa shape index (κ1) is 21.3. The number of amides is 1. The first-order valence-corrected chi connectivity index (χ1v) is 8.94. The van der Waals surface area contributed by atoms with E-state index < -0.39 is 0 Å². The molecule has 8 heteroatoms. The smallest absolute Gasteiger partial charge is 0.252 e. The molecule has 0 radical (unpaired) electrons. The fourth-order valence-corrected chi connectivity index (χ4v) is 2.60. The molecule has 2 aromatic rings. The summed E-state index contributed by atoms with van der Waals surface area (Å²) in [5.74, 6) is 2.06. The molecule has 28 heavy (non-hydrogen) atoms. The molecule has 0 aliphatic rings. The van der Waals surface area contributed by atoms with Crippen LogP contribution in [-0.2, 0) is 0 Å². The molecule has 0 spiro atoms. The molecule has 1 amide bonds. The fourth-order valence-electron chi connectivity index (χ4n) is 2.60. The van der Waals surface area contributed by atoms with Crippen molar-refractivity contribution in [3.63, 3.8) is 0 Å². The van der Waals surface area contributed by atoms with Gasteiger partial charge < -0.3 is 29.7 Å². The van der Waals surface area contributed by atoms with Crippen LogP contribution in [0.2, 0.25) is 0 Å². The van der Waals surface area contributed by atoms with Crippen LogP contribution in [0, 0.1) is 0 Å². The topological polar surface area (TPSA) is 85.0 Å². The Hall–Kier alpha value is -3.00. The second-order valence-corrected chi connectivity index (χ2v) is 6.38. The van der Waals surface area contributed by atoms with E-state index in [1.54, 1.807) is 51.8 Å². The van der Waals surface area contributed by atoms with E-state index in [1.165, 1.54) is 0 Å². The number of carbonyl (C=O) groups excluding carboxylic acids is 1. The number of hydrogen-bond acceptors (Lipinski definition) is 7. The Kier molecular flexibility index (Phi) is 7.88. The minimum absolute atomic E-state index is 0.134. The summed E-state index contributed by atoms with van der Waals surface area (Å²) < 4.78 is 16.0. The Balaban J connectivity index is 2.03. The Labute approximate surface area is 165 Å². The molecule has 2 N–H and O–H groups in total. The lowest BCUT2D eigenvalue weighted by Crippen LogP contribution is -2.27. The molecular weight excluding hydrogens is 360 g/mol. The van der Waals surface area contributed by atoms with Gasteiger partial charge in [-0.15, -0.1) is 0 Å². The molecule has 0 aliphatic heterocycles. The maximum absolute atomic E-state index is 12.2. The predicted octanol–water partition coefficient (Wildman–Crippen LogP) is 2.53. The average Bonchev–Trinajstić information content (AvgIpc) is 2.70. The van der Waals surface area contributed by atoms with Crippen molar-refractivity contribution in [2.75, 3.05) is 53.8 Å². The van der Waals surface area contributed by atoms with Crippen LogP contribution in [0.4, 0.5) is 11.5 Å².